The summed E-state index contributed by atoms with van der Waals surface area (Å²) in [7, 11) is 1.56. The zero-order valence-corrected chi connectivity index (χ0v) is 14.5. The van der Waals surface area contributed by atoms with Gasteiger partial charge < -0.3 is 9.47 Å². The largest absolute Gasteiger partial charge is 0.490 e. The Kier molecular flexibility index (Phi) is 5.09. The third-order valence-electron chi connectivity index (χ3n) is 3.69. The minimum absolute atomic E-state index is 0.254. The first-order valence-electron chi connectivity index (χ1n) is 7.64. The van der Waals surface area contributed by atoms with E-state index in [0.717, 1.165) is 16.7 Å². The quantitative estimate of drug-likeness (QED) is 0.810. The highest BCUT2D eigenvalue weighted by molar-refractivity contribution is 6.31. The number of aryl methyl sites for hydroxylation is 1. The van der Waals surface area contributed by atoms with Crippen molar-refractivity contribution in [3.8, 4) is 22.8 Å². The summed E-state index contributed by atoms with van der Waals surface area (Å²) in [5.74, 6) is 0.753. The molecule has 0 saturated heterocycles. The van der Waals surface area contributed by atoms with E-state index in [-0.39, 0.29) is 18.6 Å². The molecular weight excluding hydrogens is 342 g/mol. The van der Waals surface area contributed by atoms with Crippen molar-refractivity contribution in [1.82, 2.24) is 4.98 Å². The van der Waals surface area contributed by atoms with Crippen LogP contribution in [0.2, 0.25) is 5.02 Å². The SMILES string of the molecule is COc1ncccc1-c1cc(Cl)c(C)cc1OCC1C=CC(=O)N=N1. The Morgan fingerprint density at radius 1 is 1.28 bits per heavy atom. The van der Waals surface area contributed by atoms with Gasteiger partial charge in [-0.3, -0.25) is 4.79 Å². The molecule has 1 unspecified atom stereocenters. The number of nitrogens with zero attached hydrogens (tertiary/aromatic N) is 3. The molecule has 1 atom stereocenters. The summed E-state index contributed by atoms with van der Waals surface area (Å²) in [5, 5.41) is 8.05. The summed E-state index contributed by atoms with van der Waals surface area (Å²) in [6, 6.07) is 7.08. The van der Waals surface area contributed by atoms with Gasteiger partial charge in [0.1, 0.15) is 18.4 Å². The molecular formula is C18H16ClN3O3. The molecule has 0 spiro atoms. The maximum atomic E-state index is 11.1. The summed E-state index contributed by atoms with van der Waals surface area (Å²) in [6.07, 6.45) is 4.71. The number of azo groups is 1. The van der Waals surface area contributed by atoms with E-state index in [1.54, 1.807) is 19.4 Å². The Balaban J connectivity index is 1.93. The number of amides is 1. The van der Waals surface area contributed by atoms with Gasteiger partial charge in [0.05, 0.1) is 7.11 Å². The molecule has 0 aliphatic carbocycles. The van der Waals surface area contributed by atoms with Crippen molar-refractivity contribution in [3.63, 3.8) is 0 Å². The van der Waals surface area contributed by atoms with E-state index in [4.69, 9.17) is 21.1 Å². The van der Waals surface area contributed by atoms with Crippen LogP contribution in [-0.2, 0) is 4.79 Å². The van der Waals surface area contributed by atoms with Gasteiger partial charge in [0.2, 0.25) is 5.88 Å². The van der Waals surface area contributed by atoms with Crippen molar-refractivity contribution in [2.45, 2.75) is 13.0 Å². The Morgan fingerprint density at radius 3 is 2.84 bits per heavy atom. The van der Waals surface area contributed by atoms with Crippen molar-refractivity contribution in [3.05, 3.63) is 53.2 Å². The van der Waals surface area contributed by atoms with Crippen LogP contribution in [0.15, 0.2) is 52.8 Å². The molecule has 1 aromatic heterocycles. The minimum Gasteiger partial charge on any atom is -0.490 e. The lowest BCUT2D eigenvalue weighted by molar-refractivity contribution is -0.114. The molecule has 0 radical (unpaired) electrons. The summed E-state index contributed by atoms with van der Waals surface area (Å²) >= 11 is 6.30. The molecule has 0 fully saturated rings. The Morgan fingerprint density at radius 2 is 2.12 bits per heavy atom. The minimum atomic E-state index is -0.362. The lowest BCUT2D eigenvalue weighted by Gasteiger charge is -2.17. The van der Waals surface area contributed by atoms with Crippen molar-refractivity contribution in [2.24, 2.45) is 10.2 Å². The number of methoxy groups -OCH3 is 1. The number of aromatic nitrogens is 1. The first-order chi connectivity index (χ1) is 12.1. The average molecular weight is 358 g/mol. The topological polar surface area (TPSA) is 73.1 Å². The van der Waals surface area contributed by atoms with E-state index in [2.05, 4.69) is 15.2 Å². The maximum absolute atomic E-state index is 11.1. The van der Waals surface area contributed by atoms with Crippen LogP contribution in [0.5, 0.6) is 11.6 Å². The first-order valence-corrected chi connectivity index (χ1v) is 8.01. The van der Waals surface area contributed by atoms with E-state index < -0.39 is 0 Å². The fourth-order valence-corrected chi connectivity index (χ4v) is 2.57. The Labute approximate surface area is 150 Å². The lowest BCUT2D eigenvalue weighted by Crippen LogP contribution is -2.16. The Bertz CT molecular complexity index is 849. The monoisotopic (exact) mass is 357 g/mol. The molecule has 1 aliphatic heterocycles. The van der Waals surface area contributed by atoms with E-state index in [9.17, 15) is 4.79 Å². The third-order valence-corrected chi connectivity index (χ3v) is 4.10. The Hall–Kier alpha value is -2.73. The second kappa shape index (κ2) is 7.44. The summed E-state index contributed by atoms with van der Waals surface area (Å²) in [4.78, 5) is 15.3. The molecule has 0 saturated carbocycles. The van der Waals surface area contributed by atoms with Crippen molar-refractivity contribution >= 4 is 17.5 Å². The fraction of sp³-hybridized carbons (Fsp3) is 0.222. The number of ether oxygens (including phenoxy) is 2. The van der Waals surface area contributed by atoms with Crippen LogP contribution in [0.4, 0.5) is 0 Å². The standard InChI is InChI=1S/C18H16ClN3O3/c1-11-8-16(25-10-12-5-6-17(23)22-21-12)14(9-15(11)19)13-4-3-7-20-18(13)24-2/h3-9,12H,10H2,1-2H3. The maximum Gasteiger partial charge on any atom is 0.287 e. The lowest BCUT2D eigenvalue weighted by atomic mass is 10.0. The highest BCUT2D eigenvalue weighted by atomic mass is 35.5. The molecule has 7 heteroatoms. The molecule has 1 aromatic carbocycles. The van der Waals surface area contributed by atoms with Gasteiger partial charge in [-0.2, -0.15) is 5.11 Å². The molecule has 3 rings (SSSR count). The zero-order valence-electron chi connectivity index (χ0n) is 13.8. The number of benzene rings is 1. The van der Waals surface area contributed by atoms with Crippen molar-refractivity contribution in [2.75, 3.05) is 13.7 Å². The van der Waals surface area contributed by atoms with Crippen LogP contribution in [-0.4, -0.2) is 30.6 Å². The number of carbonyl (C=O) groups excluding carboxylic acids is 1. The van der Waals surface area contributed by atoms with Gasteiger partial charge in [0.15, 0.2) is 0 Å². The highest BCUT2D eigenvalue weighted by Gasteiger charge is 2.17. The van der Waals surface area contributed by atoms with E-state index >= 15 is 0 Å². The molecule has 0 bridgehead atoms. The fourth-order valence-electron chi connectivity index (χ4n) is 2.40. The van der Waals surface area contributed by atoms with Crippen LogP contribution in [0.3, 0.4) is 0 Å². The highest BCUT2D eigenvalue weighted by Crippen LogP contribution is 2.38. The van der Waals surface area contributed by atoms with Gasteiger partial charge in [-0.05, 0) is 42.8 Å². The normalized spacial score (nSPS) is 16.1. The molecule has 128 valence electrons. The van der Waals surface area contributed by atoms with E-state index in [0.29, 0.717) is 16.7 Å². The number of carbonyl (C=O) groups is 1. The second-order valence-electron chi connectivity index (χ2n) is 5.45. The number of hydrogen-bond acceptors (Lipinski definition) is 5. The van der Waals surface area contributed by atoms with Gasteiger partial charge in [-0.1, -0.05) is 11.6 Å². The molecule has 1 aliphatic rings. The smallest absolute Gasteiger partial charge is 0.287 e. The van der Waals surface area contributed by atoms with E-state index in [1.807, 2.05) is 31.2 Å². The molecule has 1 amide bonds. The van der Waals surface area contributed by atoms with Gasteiger partial charge >= 0.3 is 0 Å². The predicted octanol–water partition coefficient (Wildman–Crippen LogP) is 4.02. The van der Waals surface area contributed by atoms with E-state index in [1.165, 1.54) is 6.08 Å². The van der Waals surface area contributed by atoms with Gasteiger partial charge in [-0.15, -0.1) is 5.11 Å². The van der Waals surface area contributed by atoms with Crippen LogP contribution >= 0.6 is 11.6 Å². The van der Waals surface area contributed by atoms with Gasteiger partial charge in [0.25, 0.3) is 5.91 Å². The van der Waals surface area contributed by atoms with Crippen molar-refractivity contribution < 1.29 is 14.3 Å². The average Bonchev–Trinajstić information content (AvgIpc) is 2.63. The summed E-state index contributed by atoms with van der Waals surface area (Å²) in [5.41, 5.74) is 2.44. The molecule has 0 N–H and O–H groups in total. The number of halogens is 1. The van der Waals surface area contributed by atoms with Crippen LogP contribution in [0, 0.1) is 6.92 Å². The van der Waals surface area contributed by atoms with Gasteiger partial charge in [-0.25, -0.2) is 4.98 Å². The third kappa shape index (κ3) is 3.85. The zero-order chi connectivity index (χ0) is 17.8. The summed E-state index contributed by atoms with van der Waals surface area (Å²) < 4.78 is 11.3. The van der Waals surface area contributed by atoms with Crippen molar-refractivity contribution in [1.29, 1.82) is 0 Å². The summed E-state index contributed by atoms with van der Waals surface area (Å²) in [6.45, 7) is 2.16. The molecule has 2 heterocycles. The predicted molar refractivity (Wildman–Crippen MR) is 94.3 cm³/mol. The second-order valence-corrected chi connectivity index (χ2v) is 5.86. The number of pyridine rings is 1. The van der Waals surface area contributed by atoms with Gasteiger partial charge in [0, 0.05) is 28.4 Å². The van der Waals surface area contributed by atoms with Crippen LogP contribution in [0.1, 0.15) is 5.56 Å². The van der Waals surface area contributed by atoms with Crippen LogP contribution < -0.4 is 9.47 Å². The molecule has 6 nitrogen and oxygen atoms in total. The molecule has 25 heavy (non-hydrogen) atoms. The first kappa shape index (κ1) is 17.1. The number of hydrogen-bond donors (Lipinski definition) is 0. The van der Waals surface area contributed by atoms with Crippen LogP contribution in [0.25, 0.3) is 11.1 Å². The molecule has 2 aromatic rings. The number of rotatable bonds is 5.